The van der Waals surface area contributed by atoms with Gasteiger partial charge in [0, 0.05) is 17.8 Å². The second-order valence-corrected chi connectivity index (χ2v) is 5.13. The van der Waals surface area contributed by atoms with Crippen LogP contribution in [-0.2, 0) is 6.61 Å². The number of benzene rings is 1. The van der Waals surface area contributed by atoms with Gasteiger partial charge in [-0.3, -0.25) is 4.40 Å². The number of aromatic nitrogens is 2. The summed E-state index contributed by atoms with van der Waals surface area (Å²) < 4.78 is 12.7. The SMILES string of the molecule is COc1cccc(C(=O)O)c1OCc1cn2ccsc2n1. The number of fused-ring (bicyclic) bond motifs is 1. The number of carboxylic acids is 1. The van der Waals surface area contributed by atoms with Crippen LogP contribution in [0.4, 0.5) is 0 Å². The predicted octanol–water partition coefficient (Wildman–Crippen LogP) is 2.68. The van der Waals surface area contributed by atoms with Crippen LogP contribution in [0.5, 0.6) is 11.5 Å². The van der Waals surface area contributed by atoms with Gasteiger partial charge in [0.2, 0.25) is 0 Å². The van der Waals surface area contributed by atoms with Gasteiger partial charge in [-0.25, -0.2) is 9.78 Å². The summed E-state index contributed by atoms with van der Waals surface area (Å²) in [7, 11) is 1.47. The van der Waals surface area contributed by atoms with E-state index in [0.29, 0.717) is 5.75 Å². The van der Waals surface area contributed by atoms with Crippen LogP contribution in [-0.4, -0.2) is 27.6 Å². The lowest BCUT2D eigenvalue weighted by atomic mass is 10.2. The van der Waals surface area contributed by atoms with Crippen molar-refractivity contribution in [3.8, 4) is 11.5 Å². The minimum absolute atomic E-state index is 0.0652. The monoisotopic (exact) mass is 304 g/mol. The summed E-state index contributed by atoms with van der Waals surface area (Å²) in [5.74, 6) is -0.463. The van der Waals surface area contributed by atoms with E-state index in [1.54, 1.807) is 12.1 Å². The fourth-order valence-corrected chi connectivity index (χ4v) is 2.70. The van der Waals surface area contributed by atoms with Gasteiger partial charge >= 0.3 is 5.97 Å². The predicted molar refractivity (Wildman–Crippen MR) is 77.4 cm³/mol. The fraction of sp³-hybridized carbons (Fsp3) is 0.143. The molecule has 0 aliphatic rings. The van der Waals surface area contributed by atoms with Crippen LogP contribution in [0.3, 0.4) is 0 Å². The molecule has 2 aromatic heterocycles. The van der Waals surface area contributed by atoms with Crippen molar-refractivity contribution < 1.29 is 19.4 Å². The molecule has 0 bridgehead atoms. The van der Waals surface area contributed by atoms with Crippen LogP contribution >= 0.6 is 11.3 Å². The van der Waals surface area contributed by atoms with E-state index in [2.05, 4.69) is 4.98 Å². The number of hydrogen-bond donors (Lipinski definition) is 1. The summed E-state index contributed by atoms with van der Waals surface area (Å²) in [5, 5.41) is 11.2. The summed E-state index contributed by atoms with van der Waals surface area (Å²) in [6.45, 7) is 0.176. The molecule has 0 atom stereocenters. The number of nitrogens with zero attached hydrogens (tertiary/aromatic N) is 2. The molecule has 1 aromatic carbocycles. The van der Waals surface area contributed by atoms with E-state index < -0.39 is 5.97 Å². The number of thiazole rings is 1. The number of methoxy groups -OCH3 is 1. The maximum atomic E-state index is 11.2. The summed E-state index contributed by atoms with van der Waals surface area (Å²) >= 11 is 1.52. The third-order valence-electron chi connectivity index (χ3n) is 2.94. The van der Waals surface area contributed by atoms with Gasteiger partial charge in [0.15, 0.2) is 16.5 Å². The molecule has 0 aliphatic carbocycles. The maximum Gasteiger partial charge on any atom is 0.339 e. The van der Waals surface area contributed by atoms with Crippen molar-refractivity contribution in [1.82, 2.24) is 9.38 Å². The smallest absolute Gasteiger partial charge is 0.339 e. The number of hydrogen-bond acceptors (Lipinski definition) is 5. The number of imidazole rings is 1. The van der Waals surface area contributed by atoms with Gasteiger partial charge in [-0.2, -0.15) is 0 Å². The number of rotatable bonds is 5. The van der Waals surface area contributed by atoms with Crippen LogP contribution in [0, 0.1) is 0 Å². The third kappa shape index (κ3) is 2.55. The number of aromatic carboxylic acids is 1. The molecule has 3 aromatic rings. The van der Waals surface area contributed by atoms with Crippen molar-refractivity contribution in [3.63, 3.8) is 0 Å². The average molecular weight is 304 g/mol. The standard InChI is InChI=1S/C14H12N2O4S/c1-19-11-4-2-3-10(13(17)18)12(11)20-8-9-7-16-5-6-21-14(16)15-9/h2-7H,8H2,1H3,(H,17,18). The second-order valence-electron chi connectivity index (χ2n) is 4.26. The topological polar surface area (TPSA) is 73.1 Å². The molecule has 0 unspecified atom stereocenters. The Bertz CT molecular complexity index is 765. The molecule has 0 saturated heterocycles. The van der Waals surface area contributed by atoms with Crippen LogP contribution in [0.2, 0.25) is 0 Å². The Hall–Kier alpha value is -2.54. The molecule has 1 N–H and O–H groups in total. The molecular formula is C14H12N2O4S. The zero-order valence-corrected chi connectivity index (χ0v) is 12.0. The van der Waals surface area contributed by atoms with Crippen molar-refractivity contribution in [2.24, 2.45) is 0 Å². The summed E-state index contributed by atoms with van der Waals surface area (Å²) in [4.78, 5) is 16.5. The zero-order chi connectivity index (χ0) is 14.8. The molecule has 2 heterocycles. The Morgan fingerprint density at radius 2 is 2.33 bits per heavy atom. The molecule has 0 aliphatic heterocycles. The fourth-order valence-electron chi connectivity index (χ4n) is 1.99. The normalized spacial score (nSPS) is 10.7. The Kier molecular flexibility index (Phi) is 3.49. The van der Waals surface area contributed by atoms with Gasteiger partial charge < -0.3 is 14.6 Å². The molecule has 0 radical (unpaired) electrons. The number of ether oxygens (including phenoxy) is 2. The number of carbonyl (C=O) groups is 1. The average Bonchev–Trinajstić information content (AvgIpc) is 3.05. The molecule has 6 nitrogen and oxygen atoms in total. The van der Waals surface area contributed by atoms with Crippen molar-refractivity contribution >= 4 is 22.3 Å². The molecule has 0 fully saturated rings. The largest absolute Gasteiger partial charge is 0.493 e. The molecule has 0 saturated carbocycles. The van der Waals surface area contributed by atoms with Gasteiger partial charge in [-0.1, -0.05) is 6.07 Å². The lowest BCUT2D eigenvalue weighted by Gasteiger charge is -2.12. The first kappa shape index (κ1) is 13.4. The first-order valence-corrected chi connectivity index (χ1v) is 7.01. The van der Waals surface area contributed by atoms with E-state index in [9.17, 15) is 9.90 Å². The Balaban J connectivity index is 1.86. The van der Waals surface area contributed by atoms with Gasteiger partial charge in [0.05, 0.1) is 12.8 Å². The van der Waals surface area contributed by atoms with E-state index in [-0.39, 0.29) is 17.9 Å². The van der Waals surface area contributed by atoms with Crippen LogP contribution in [0.25, 0.3) is 4.96 Å². The number of para-hydroxylation sites is 1. The highest BCUT2D eigenvalue weighted by atomic mass is 32.1. The minimum Gasteiger partial charge on any atom is -0.493 e. The zero-order valence-electron chi connectivity index (χ0n) is 11.1. The Morgan fingerprint density at radius 1 is 1.48 bits per heavy atom. The van der Waals surface area contributed by atoms with Crippen LogP contribution < -0.4 is 9.47 Å². The highest BCUT2D eigenvalue weighted by molar-refractivity contribution is 7.15. The molecule has 3 rings (SSSR count). The van der Waals surface area contributed by atoms with E-state index >= 15 is 0 Å². The van der Waals surface area contributed by atoms with Crippen molar-refractivity contribution in [2.45, 2.75) is 6.61 Å². The van der Waals surface area contributed by atoms with Crippen LogP contribution in [0.1, 0.15) is 16.1 Å². The van der Waals surface area contributed by atoms with E-state index in [4.69, 9.17) is 9.47 Å². The summed E-state index contributed by atoms with van der Waals surface area (Å²) in [6, 6.07) is 4.75. The summed E-state index contributed by atoms with van der Waals surface area (Å²) in [6.07, 6.45) is 3.75. The molecule has 0 spiro atoms. The molecule has 108 valence electrons. The molecule has 0 amide bonds. The Labute approximate surface area is 124 Å². The van der Waals surface area contributed by atoms with E-state index in [0.717, 1.165) is 10.7 Å². The van der Waals surface area contributed by atoms with Crippen molar-refractivity contribution in [3.05, 3.63) is 47.2 Å². The van der Waals surface area contributed by atoms with E-state index in [1.807, 2.05) is 22.2 Å². The first-order chi connectivity index (χ1) is 10.2. The van der Waals surface area contributed by atoms with Gasteiger partial charge in [0.25, 0.3) is 0 Å². The van der Waals surface area contributed by atoms with Crippen LogP contribution in [0.15, 0.2) is 36.0 Å². The number of carboxylic acid groups (broad SMARTS) is 1. The maximum absolute atomic E-state index is 11.2. The quantitative estimate of drug-likeness (QED) is 0.784. The highest BCUT2D eigenvalue weighted by Gasteiger charge is 2.16. The van der Waals surface area contributed by atoms with Gasteiger partial charge in [0.1, 0.15) is 12.2 Å². The molecule has 7 heteroatoms. The van der Waals surface area contributed by atoms with Gasteiger partial charge in [-0.05, 0) is 12.1 Å². The highest BCUT2D eigenvalue weighted by Crippen LogP contribution is 2.31. The minimum atomic E-state index is -1.06. The third-order valence-corrected chi connectivity index (χ3v) is 3.71. The molecule has 21 heavy (non-hydrogen) atoms. The summed E-state index contributed by atoms with van der Waals surface area (Å²) in [5.41, 5.74) is 0.791. The lowest BCUT2D eigenvalue weighted by Crippen LogP contribution is -2.05. The van der Waals surface area contributed by atoms with E-state index in [1.165, 1.54) is 24.5 Å². The second kappa shape index (κ2) is 5.45. The van der Waals surface area contributed by atoms with Crippen molar-refractivity contribution in [2.75, 3.05) is 7.11 Å². The Morgan fingerprint density at radius 3 is 3.05 bits per heavy atom. The molecular weight excluding hydrogens is 292 g/mol. The first-order valence-electron chi connectivity index (χ1n) is 6.13. The lowest BCUT2D eigenvalue weighted by molar-refractivity contribution is 0.0690. The van der Waals surface area contributed by atoms with Crippen molar-refractivity contribution in [1.29, 1.82) is 0 Å². The van der Waals surface area contributed by atoms with Gasteiger partial charge in [-0.15, -0.1) is 11.3 Å².